The van der Waals surface area contributed by atoms with Gasteiger partial charge in [0, 0.05) is 21.6 Å². The van der Waals surface area contributed by atoms with E-state index < -0.39 is 37.1 Å². The third kappa shape index (κ3) is 4.62. The highest BCUT2D eigenvalue weighted by atomic mass is 32.1. The van der Waals surface area contributed by atoms with Gasteiger partial charge in [0.2, 0.25) is 0 Å². The van der Waals surface area contributed by atoms with Gasteiger partial charge in [-0.1, -0.05) is 24.3 Å². The first-order valence-corrected chi connectivity index (χ1v) is 11.3. The molecule has 0 unspecified atom stereocenters. The maximum atomic E-state index is 10.6. The highest BCUT2D eigenvalue weighted by Crippen LogP contribution is 2.38. The van der Waals surface area contributed by atoms with Crippen molar-refractivity contribution in [2.45, 2.75) is 56.9 Å². The molecule has 4 rings (SSSR count). The van der Waals surface area contributed by atoms with Crippen LogP contribution in [0.1, 0.15) is 36.0 Å². The van der Waals surface area contributed by atoms with Crippen molar-refractivity contribution in [2.24, 2.45) is 0 Å². The lowest BCUT2D eigenvalue weighted by atomic mass is 9.90. The Bertz CT molecular complexity index is 997. The quantitative estimate of drug-likeness (QED) is 0.467. The fourth-order valence-corrected chi connectivity index (χ4v) is 5.07. The average Bonchev–Trinajstić information content (AvgIpc) is 3.15. The maximum Gasteiger partial charge on any atom is 0.125 e. The van der Waals surface area contributed by atoms with E-state index in [4.69, 9.17) is 9.47 Å². The Hall–Kier alpha value is -2.00. The second kappa shape index (κ2) is 9.24. The van der Waals surface area contributed by atoms with Gasteiger partial charge in [-0.15, -0.1) is 11.3 Å². The number of ether oxygens (including phenoxy) is 2. The molecular formula is C24H28O6S. The third-order valence-corrected chi connectivity index (χ3v) is 6.61. The Balaban J connectivity index is 1.68. The van der Waals surface area contributed by atoms with E-state index in [-0.39, 0.29) is 6.10 Å². The van der Waals surface area contributed by atoms with Crippen molar-refractivity contribution in [1.29, 1.82) is 0 Å². The molecule has 1 aromatic heterocycles. The van der Waals surface area contributed by atoms with Crippen LogP contribution in [0.5, 0.6) is 5.75 Å². The van der Waals surface area contributed by atoms with E-state index in [2.05, 4.69) is 18.2 Å². The largest absolute Gasteiger partial charge is 0.491 e. The summed E-state index contributed by atoms with van der Waals surface area (Å²) in [5, 5.41) is 41.8. The molecule has 1 aliphatic rings. The van der Waals surface area contributed by atoms with E-state index in [1.807, 2.05) is 44.2 Å². The standard InChI is InChI=1S/C24H28O6S/c1-13(2)29-18-8-7-14(9-16-11-15-5-3-4-6-20(15)31-16)10-17(18)24-23(28)22(27)21(26)19(12-25)30-24/h3-8,10-11,13,19,21-28H,9,12H2,1-2H3/t19-,21-,22+,23-,24+/m1/s1. The van der Waals surface area contributed by atoms with Crippen LogP contribution in [0.3, 0.4) is 0 Å². The fourth-order valence-electron chi connectivity index (χ4n) is 3.98. The molecule has 5 atom stereocenters. The van der Waals surface area contributed by atoms with Crippen molar-refractivity contribution in [3.05, 3.63) is 64.5 Å². The third-order valence-electron chi connectivity index (χ3n) is 5.49. The second-order valence-corrected chi connectivity index (χ2v) is 9.38. The van der Waals surface area contributed by atoms with Crippen molar-refractivity contribution in [1.82, 2.24) is 0 Å². The zero-order valence-electron chi connectivity index (χ0n) is 17.5. The van der Waals surface area contributed by atoms with E-state index in [1.54, 1.807) is 11.3 Å². The molecule has 0 aliphatic carbocycles. The highest BCUT2D eigenvalue weighted by Gasteiger charge is 2.44. The molecule has 2 heterocycles. The Morgan fingerprint density at radius 3 is 2.48 bits per heavy atom. The van der Waals surface area contributed by atoms with Crippen LogP contribution in [0.15, 0.2) is 48.5 Å². The Labute approximate surface area is 185 Å². The van der Waals surface area contributed by atoms with E-state index in [1.165, 1.54) is 15.0 Å². The summed E-state index contributed by atoms with van der Waals surface area (Å²) in [6.07, 6.45) is -5.50. The number of fused-ring (bicyclic) bond motifs is 1. The van der Waals surface area contributed by atoms with Crippen molar-refractivity contribution in [3.8, 4) is 5.75 Å². The molecule has 0 amide bonds. The highest BCUT2D eigenvalue weighted by molar-refractivity contribution is 7.19. The van der Waals surface area contributed by atoms with Gasteiger partial charge >= 0.3 is 0 Å². The summed E-state index contributed by atoms with van der Waals surface area (Å²) >= 11 is 1.74. The van der Waals surface area contributed by atoms with Crippen LogP contribution in [0.2, 0.25) is 0 Å². The summed E-state index contributed by atoms with van der Waals surface area (Å²) < 4.78 is 13.0. The molecule has 1 fully saturated rings. The topological polar surface area (TPSA) is 99.4 Å². The number of rotatable bonds is 6. The summed E-state index contributed by atoms with van der Waals surface area (Å²) in [6.45, 7) is 3.34. The molecule has 6 nitrogen and oxygen atoms in total. The molecule has 2 aromatic carbocycles. The predicted octanol–water partition coefficient (Wildman–Crippen LogP) is 2.79. The van der Waals surface area contributed by atoms with E-state index in [0.717, 1.165) is 5.56 Å². The summed E-state index contributed by atoms with van der Waals surface area (Å²) in [4.78, 5) is 1.21. The summed E-state index contributed by atoms with van der Waals surface area (Å²) in [5.74, 6) is 0.541. The lowest BCUT2D eigenvalue weighted by molar-refractivity contribution is -0.232. The summed E-state index contributed by atoms with van der Waals surface area (Å²) in [6, 6.07) is 16.2. The lowest BCUT2D eigenvalue weighted by Crippen LogP contribution is -2.55. The molecule has 0 spiro atoms. The second-order valence-electron chi connectivity index (χ2n) is 8.22. The van der Waals surface area contributed by atoms with Gasteiger partial charge in [0.05, 0.1) is 12.7 Å². The van der Waals surface area contributed by atoms with Gasteiger partial charge in [-0.3, -0.25) is 0 Å². The molecule has 1 aliphatic heterocycles. The molecule has 166 valence electrons. The zero-order valence-corrected chi connectivity index (χ0v) is 18.3. The normalized spacial score (nSPS) is 26.5. The number of benzene rings is 2. The van der Waals surface area contributed by atoms with E-state index in [9.17, 15) is 20.4 Å². The van der Waals surface area contributed by atoms with Crippen LogP contribution in [-0.2, 0) is 11.2 Å². The minimum Gasteiger partial charge on any atom is -0.491 e. The van der Waals surface area contributed by atoms with Gasteiger partial charge < -0.3 is 29.9 Å². The lowest BCUT2D eigenvalue weighted by Gasteiger charge is -2.40. The first kappa shape index (κ1) is 22.2. The fraction of sp³-hybridized carbons (Fsp3) is 0.417. The summed E-state index contributed by atoms with van der Waals surface area (Å²) in [5.41, 5.74) is 1.60. The molecular weight excluding hydrogens is 416 g/mol. The molecule has 0 saturated carbocycles. The van der Waals surface area contributed by atoms with Crippen LogP contribution < -0.4 is 4.74 Å². The predicted molar refractivity (Wildman–Crippen MR) is 120 cm³/mol. The van der Waals surface area contributed by atoms with E-state index >= 15 is 0 Å². The average molecular weight is 445 g/mol. The smallest absolute Gasteiger partial charge is 0.125 e. The number of aliphatic hydroxyl groups excluding tert-OH is 4. The van der Waals surface area contributed by atoms with Gasteiger partial charge in [-0.05, 0) is 49.1 Å². The molecule has 1 saturated heterocycles. The van der Waals surface area contributed by atoms with Crippen molar-refractivity contribution < 1.29 is 29.9 Å². The minimum atomic E-state index is -1.44. The van der Waals surface area contributed by atoms with Crippen LogP contribution >= 0.6 is 11.3 Å². The molecule has 0 radical (unpaired) electrons. The Kier molecular flexibility index (Phi) is 6.62. The number of thiophene rings is 1. The SMILES string of the molecule is CC(C)Oc1ccc(Cc2cc3ccccc3s2)cc1[C@@H]1O[C@H](CO)[C@@H](O)[C@H](O)[C@H]1O. The van der Waals surface area contributed by atoms with Gasteiger partial charge in [-0.25, -0.2) is 0 Å². The zero-order chi connectivity index (χ0) is 22.1. The van der Waals surface area contributed by atoms with Crippen molar-refractivity contribution in [3.63, 3.8) is 0 Å². The van der Waals surface area contributed by atoms with Crippen molar-refractivity contribution in [2.75, 3.05) is 6.61 Å². The molecule has 31 heavy (non-hydrogen) atoms. The van der Waals surface area contributed by atoms with Crippen LogP contribution in [0, 0.1) is 0 Å². The Morgan fingerprint density at radius 2 is 1.77 bits per heavy atom. The van der Waals surface area contributed by atoms with Crippen LogP contribution in [0.4, 0.5) is 0 Å². The number of aliphatic hydroxyl groups is 4. The minimum absolute atomic E-state index is 0.0999. The summed E-state index contributed by atoms with van der Waals surface area (Å²) in [7, 11) is 0. The Morgan fingerprint density at radius 1 is 1.00 bits per heavy atom. The first-order chi connectivity index (χ1) is 14.9. The monoisotopic (exact) mass is 444 g/mol. The van der Waals surface area contributed by atoms with Crippen molar-refractivity contribution >= 4 is 21.4 Å². The molecule has 4 N–H and O–H groups in total. The van der Waals surface area contributed by atoms with Crippen LogP contribution in [0.25, 0.3) is 10.1 Å². The molecule has 0 bridgehead atoms. The van der Waals surface area contributed by atoms with Gasteiger partial charge in [0.25, 0.3) is 0 Å². The van der Waals surface area contributed by atoms with Crippen LogP contribution in [-0.4, -0.2) is 57.6 Å². The maximum absolute atomic E-state index is 10.6. The molecule has 7 heteroatoms. The first-order valence-electron chi connectivity index (χ1n) is 10.4. The molecule has 3 aromatic rings. The number of hydrogen-bond donors (Lipinski definition) is 4. The van der Waals surface area contributed by atoms with Gasteiger partial charge in [-0.2, -0.15) is 0 Å². The van der Waals surface area contributed by atoms with Gasteiger partial charge in [0.15, 0.2) is 0 Å². The number of hydrogen-bond acceptors (Lipinski definition) is 7. The van der Waals surface area contributed by atoms with Gasteiger partial charge in [0.1, 0.15) is 36.3 Å². The van der Waals surface area contributed by atoms with E-state index in [0.29, 0.717) is 17.7 Å².